The average Bonchev–Trinajstić information content (AvgIpc) is 2.74. The van der Waals surface area contributed by atoms with Gasteiger partial charge in [0.2, 0.25) is 0 Å². The van der Waals surface area contributed by atoms with Crippen molar-refractivity contribution < 1.29 is 18.8 Å². The second-order valence-electron chi connectivity index (χ2n) is 7.03. The Labute approximate surface area is 155 Å². The van der Waals surface area contributed by atoms with Crippen molar-refractivity contribution in [3.63, 3.8) is 0 Å². The van der Waals surface area contributed by atoms with E-state index < -0.39 is 24.3 Å². The maximum absolute atomic E-state index is 12.0. The van der Waals surface area contributed by atoms with Crippen LogP contribution in [0.15, 0.2) is 23.7 Å². The zero-order valence-corrected chi connectivity index (χ0v) is 16.4. The van der Waals surface area contributed by atoms with Crippen molar-refractivity contribution in [2.24, 2.45) is 0 Å². The number of benzene rings is 1. The average molecular weight is 363 g/mol. The highest BCUT2D eigenvalue weighted by atomic mass is 32.1. The Kier molecular flexibility index (Phi) is 5.91. The van der Waals surface area contributed by atoms with Gasteiger partial charge in [0, 0.05) is 11.4 Å². The number of hydrogen-bond acceptors (Lipinski definition) is 6. The fourth-order valence-electron chi connectivity index (χ4n) is 2.45. The lowest BCUT2D eigenvalue weighted by Gasteiger charge is -2.32. The molecule has 7 heteroatoms. The zero-order chi connectivity index (χ0) is 18.8. The molecule has 1 aromatic carbocycles. The Bertz CT molecular complexity index is 672. The van der Waals surface area contributed by atoms with Crippen molar-refractivity contribution in [2.45, 2.75) is 45.8 Å². The molecular weight excluding hydrogens is 337 g/mol. The van der Waals surface area contributed by atoms with Crippen LogP contribution in [-0.2, 0) is 14.0 Å². The van der Waals surface area contributed by atoms with Crippen LogP contribution in [-0.4, -0.2) is 36.6 Å². The number of ether oxygens (including phenoxy) is 1. The third-order valence-corrected chi connectivity index (χ3v) is 5.03. The molecule has 5 nitrogen and oxygen atoms in total. The standard InChI is InChI=1S/C18H26BNO4S/c1-6-22-16(21)14-10-12(7-8-15(14)20)9-13(11-25)19-23-17(2,3)18(4,5)24-19/h7-10,25H,6,11,20H2,1-5H3. The van der Waals surface area contributed by atoms with Crippen LogP contribution in [0.3, 0.4) is 0 Å². The molecule has 1 aromatic rings. The minimum Gasteiger partial charge on any atom is -0.462 e. The maximum atomic E-state index is 12.0. The molecule has 25 heavy (non-hydrogen) atoms. The molecule has 1 aliphatic rings. The highest BCUT2D eigenvalue weighted by Crippen LogP contribution is 2.39. The molecule has 0 bridgehead atoms. The molecule has 2 rings (SSSR count). The summed E-state index contributed by atoms with van der Waals surface area (Å²) >= 11 is 4.41. The van der Waals surface area contributed by atoms with E-state index >= 15 is 0 Å². The number of thiol groups is 1. The highest BCUT2D eigenvalue weighted by Gasteiger charge is 2.52. The van der Waals surface area contributed by atoms with Crippen LogP contribution in [0.5, 0.6) is 0 Å². The first-order valence-electron chi connectivity index (χ1n) is 8.35. The molecule has 0 aliphatic carbocycles. The summed E-state index contributed by atoms with van der Waals surface area (Å²) < 4.78 is 17.2. The van der Waals surface area contributed by atoms with Crippen LogP contribution >= 0.6 is 12.6 Å². The van der Waals surface area contributed by atoms with E-state index in [-0.39, 0.29) is 0 Å². The first-order chi connectivity index (χ1) is 11.6. The quantitative estimate of drug-likeness (QED) is 0.363. The fraction of sp³-hybridized carbons (Fsp3) is 0.500. The monoisotopic (exact) mass is 363 g/mol. The summed E-state index contributed by atoms with van der Waals surface area (Å²) in [6.07, 6.45) is 1.91. The highest BCUT2D eigenvalue weighted by molar-refractivity contribution is 7.80. The first kappa shape index (κ1) is 19.9. The molecule has 1 fully saturated rings. The number of nitrogen functional groups attached to an aromatic ring is 1. The van der Waals surface area contributed by atoms with E-state index in [9.17, 15) is 4.79 Å². The molecule has 0 atom stereocenters. The molecule has 0 radical (unpaired) electrons. The molecule has 1 aliphatic heterocycles. The first-order valence-corrected chi connectivity index (χ1v) is 8.98. The number of esters is 1. The largest absolute Gasteiger partial charge is 0.491 e. The Morgan fingerprint density at radius 2 is 1.88 bits per heavy atom. The third kappa shape index (κ3) is 4.22. The van der Waals surface area contributed by atoms with Crippen molar-refractivity contribution in [1.82, 2.24) is 0 Å². The number of rotatable bonds is 5. The minimum absolute atomic E-state index is 0.300. The van der Waals surface area contributed by atoms with Gasteiger partial charge >= 0.3 is 13.1 Å². The topological polar surface area (TPSA) is 70.8 Å². The van der Waals surface area contributed by atoms with Crippen LogP contribution in [0.4, 0.5) is 5.69 Å². The van der Waals surface area contributed by atoms with Gasteiger partial charge in [-0.2, -0.15) is 12.6 Å². The molecule has 0 aromatic heterocycles. The summed E-state index contributed by atoms with van der Waals surface area (Å²) in [6, 6.07) is 5.24. The number of nitrogens with two attached hydrogens (primary N) is 1. The van der Waals surface area contributed by atoms with E-state index in [0.717, 1.165) is 11.0 Å². The SMILES string of the molecule is CCOC(=O)c1cc(C=C(CS)B2OC(C)(C)C(C)(C)O2)ccc1N. The summed E-state index contributed by atoms with van der Waals surface area (Å²) in [5.41, 5.74) is 7.48. The van der Waals surface area contributed by atoms with E-state index in [1.165, 1.54) is 0 Å². The van der Waals surface area contributed by atoms with Gasteiger partial charge in [-0.1, -0.05) is 12.1 Å². The van der Waals surface area contributed by atoms with Crippen molar-refractivity contribution >= 4 is 37.5 Å². The molecule has 0 saturated carbocycles. The van der Waals surface area contributed by atoms with Gasteiger partial charge in [0.25, 0.3) is 0 Å². The number of carbonyl (C=O) groups is 1. The number of carbonyl (C=O) groups excluding carboxylic acids is 1. The summed E-state index contributed by atoms with van der Waals surface area (Å²) in [5, 5.41) is 0. The molecule has 136 valence electrons. The Morgan fingerprint density at radius 1 is 1.28 bits per heavy atom. The van der Waals surface area contributed by atoms with Crippen molar-refractivity contribution in [3.05, 3.63) is 34.8 Å². The number of anilines is 1. The van der Waals surface area contributed by atoms with Gasteiger partial charge < -0.3 is 19.8 Å². The van der Waals surface area contributed by atoms with Gasteiger partial charge in [0.05, 0.1) is 23.4 Å². The Balaban J connectivity index is 2.32. The van der Waals surface area contributed by atoms with Crippen LogP contribution in [0.2, 0.25) is 0 Å². The van der Waals surface area contributed by atoms with Crippen LogP contribution < -0.4 is 5.73 Å². The molecular formula is C18H26BNO4S. The second kappa shape index (κ2) is 7.44. The van der Waals surface area contributed by atoms with E-state index in [0.29, 0.717) is 23.6 Å². The molecule has 0 spiro atoms. The molecule has 0 amide bonds. The summed E-state index contributed by atoms with van der Waals surface area (Å²) in [5.74, 6) is 0.0361. The number of hydrogen-bond donors (Lipinski definition) is 2. The van der Waals surface area contributed by atoms with Crippen LogP contribution in [0.1, 0.15) is 50.5 Å². The summed E-state index contributed by atoms with van der Waals surface area (Å²) in [4.78, 5) is 12.0. The van der Waals surface area contributed by atoms with Gasteiger partial charge in [-0.25, -0.2) is 4.79 Å². The Hall–Kier alpha value is -1.44. The van der Waals surface area contributed by atoms with Gasteiger partial charge in [0.15, 0.2) is 0 Å². The van der Waals surface area contributed by atoms with Crippen molar-refractivity contribution in [1.29, 1.82) is 0 Å². The maximum Gasteiger partial charge on any atom is 0.491 e. The summed E-state index contributed by atoms with van der Waals surface area (Å²) in [7, 11) is -0.480. The van der Waals surface area contributed by atoms with Gasteiger partial charge in [0.1, 0.15) is 0 Å². The van der Waals surface area contributed by atoms with Gasteiger partial charge in [-0.3, -0.25) is 0 Å². The molecule has 1 heterocycles. The lowest BCUT2D eigenvalue weighted by atomic mass is 9.78. The van der Waals surface area contributed by atoms with E-state index in [2.05, 4.69) is 12.6 Å². The molecule has 1 saturated heterocycles. The lowest BCUT2D eigenvalue weighted by Crippen LogP contribution is -2.41. The lowest BCUT2D eigenvalue weighted by molar-refractivity contribution is 0.00578. The fourth-order valence-corrected chi connectivity index (χ4v) is 2.69. The third-order valence-electron chi connectivity index (χ3n) is 4.66. The summed E-state index contributed by atoms with van der Waals surface area (Å²) in [6.45, 7) is 10.1. The van der Waals surface area contributed by atoms with Crippen LogP contribution in [0.25, 0.3) is 6.08 Å². The minimum atomic E-state index is -0.480. The Morgan fingerprint density at radius 3 is 2.40 bits per heavy atom. The normalized spacial score (nSPS) is 19.1. The van der Waals surface area contributed by atoms with Gasteiger partial charge in [-0.15, -0.1) is 0 Å². The van der Waals surface area contributed by atoms with Crippen LogP contribution in [0, 0.1) is 0 Å². The molecule has 0 unspecified atom stereocenters. The van der Waals surface area contributed by atoms with Crippen molar-refractivity contribution in [3.8, 4) is 0 Å². The van der Waals surface area contributed by atoms with Gasteiger partial charge in [-0.05, 0) is 57.8 Å². The predicted molar refractivity (Wildman–Crippen MR) is 105 cm³/mol. The van der Waals surface area contributed by atoms with E-state index in [1.807, 2.05) is 39.8 Å². The van der Waals surface area contributed by atoms with Crippen molar-refractivity contribution in [2.75, 3.05) is 18.1 Å². The smallest absolute Gasteiger partial charge is 0.462 e. The van der Waals surface area contributed by atoms with E-state index in [4.69, 9.17) is 19.8 Å². The zero-order valence-electron chi connectivity index (χ0n) is 15.5. The van der Waals surface area contributed by atoms with E-state index in [1.54, 1.807) is 19.1 Å². The second-order valence-corrected chi connectivity index (χ2v) is 7.35. The predicted octanol–water partition coefficient (Wildman–Crippen LogP) is 3.39. The molecule has 2 N–H and O–H groups in total.